The molecule has 2 atom stereocenters. The first-order chi connectivity index (χ1) is 20.0. The SMILES string of the molecule is O=C(NC(CCNCCc1cccnc1)c1ccccc1)C1SCCN1S(=O)(=O)c1ccc(-c2ccccc2)cc1. The number of carbonyl (C=O) groups is 1. The van der Waals surface area contributed by atoms with Gasteiger partial charge in [0, 0.05) is 24.7 Å². The minimum Gasteiger partial charge on any atom is -0.347 e. The van der Waals surface area contributed by atoms with Crippen molar-refractivity contribution in [1.82, 2.24) is 19.9 Å². The highest BCUT2D eigenvalue weighted by atomic mass is 32.2. The van der Waals surface area contributed by atoms with Crippen LogP contribution in [0.15, 0.2) is 114 Å². The Labute approximate surface area is 246 Å². The second-order valence-electron chi connectivity index (χ2n) is 9.85. The number of nitrogens with one attached hydrogen (secondary N) is 2. The molecule has 0 aliphatic carbocycles. The van der Waals surface area contributed by atoms with Crippen molar-refractivity contribution in [2.24, 2.45) is 0 Å². The van der Waals surface area contributed by atoms with Crippen LogP contribution in [0.2, 0.25) is 0 Å². The molecule has 0 bridgehead atoms. The Kier molecular flexibility index (Phi) is 9.84. The van der Waals surface area contributed by atoms with Crippen LogP contribution in [-0.2, 0) is 21.2 Å². The number of nitrogens with zero attached hydrogens (tertiary/aromatic N) is 2. The molecule has 4 aromatic rings. The van der Waals surface area contributed by atoms with E-state index in [4.69, 9.17) is 0 Å². The summed E-state index contributed by atoms with van der Waals surface area (Å²) in [4.78, 5) is 17.9. The fourth-order valence-corrected chi connectivity index (χ4v) is 7.98. The Balaban J connectivity index is 1.24. The molecule has 5 rings (SSSR count). The second-order valence-corrected chi connectivity index (χ2v) is 12.9. The van der Waals surface area contributed by atoms with Gasteiger partial charge in [0.1, 0.15) is 5.37 Å². The first kappa shape index (κ1) is 29.0. The summed E-state index contributed by atoms with van der Waals surface area (Å²) >= 11 is 1.36. The van der Waals surface area contributed by atoms with Gasteiger partial charge in [-0.05, 0) is 66.4 Å². The third-order valence-electron chi connectivity index (χ3n) is 7.08. The molecule has 1 aromatic heterocycles. The van der Waals surface area contributed by atoms with Gasteiger partial charge in [-0.1, -0.05) is 78.9 Å². The molecule has 9 heteroatoms. The van der Waals surface area contributed by atoms with Gasteiger partial charge in [-0.3, -0.25) is 9.78 Å². The quantitative estimate of drug-likeness (QED) is 0.230. The van der Waals surface area contributed by atoms with Crippen LogP contribution in [0.25, 0.3) is 11.1 Å². The molecule has 41 heavy (non-hydrogen) atoms. The number of hydrogen-bond donors (Lipinski definition) is 2. The van der Waals surface area contributed by atoms with Gasteiger partial charge in [0.15, 0.2) is 0 Å². The van der Waals surface area contributed by atoms with Gasteiger partial charge < -0.3 is 10.6 Å². The maximum Gasteiger partial charge on any atom is 0.249 e. The summed E-state index contributed by atoms with van der Waals surface area (Å²) < 4.78 is 28.6. The first-order valence-electron chi connectivity index (χ1n) is 13.8. The molecule has 2 heterocycles. The molecule has 1 aliphatic heterocycles. The third-order valence-corrected chi connectivity index (χ3v) is 10.3. The highest BCUT2D eigenvalue weighted by Crippen LogP contribution is 2.32. The van der Waals surface area contributed by atoms with E-state index in [9.17, 15) is 13.2 Å². The van der Waals surface area contributed by atoms with E-state index in [1.807, 2.05) is 85.1 Å². The van der Waals surface area contributed by atoms with Crippen LogP contribution < -0.4 is 10.6 Å². The van der Waals surface area contributed by atoms with E-state index in [0.717, 1.165) is 29.7 Å². The van der Waals surface area contributed by atoms with E-state index in [1.165, 1.54) is 21.6 Å². The van der Waals surface area contributed by atoms with Crippen molar-refractivity contribution in [3.05, 3.63) is 121 Å². The van der Waals surface area contributed by atoms with Gasteiger partial charge >= 0.3 is 0 Å². The van der Waals surface area contributed by atoms with E-state index in [-0.39, 0.29) is 23.4 Å². The summed E-state index contributed by atoms with van der Waals surface area (Å²) in [6, 6.07) is 30.3. The lowest BCUT2D eigenvalue weighted by Gasteiger charge is -2.26. The van der Waals surface area contributed by atoms with Gasteiger partial charge in [0.05, 0.1) is 10.9 Å². The third kappa shape index (κ3) is 7.42. The normalized spacial score (nSPS) is 16.3. The molecule has 7 nitrogen and oxygen atoms in total. The first-order valence-corrected chi connectivity index (χ1v) is 16.2. The molecular formula is C32H34N4O3S2. The minimum atomic E-state index is -3.85. The maximum atomic E-state index is 13.6. The molecule has 1 aliphatic rings. The van der Waals surface area contributed by atoms with Crippen LogP contribution in [0.1, 0.15) is 23.6 Å². The number of pyridine rings is 1. The van der Waals surface area contributed by atoms with Gasteiger partial charge in [0.2, 0.25) is 15.9 Å². The molecular weight excluding hydrogens is 553 g/mol. The van der Waals surface area contributed by atoms with Crippen molar-refractivity contribution in [2.75, 3.05) is 25.4 Å². The molecule has 0 spiro atoms. The number of amides is 1. The van der Waals surface area contributed by atoms with Crippen molar-refractivity contribution in [3.63, 3.8) is 0 Å². The standard InChI is InChI=1S/C32H34N4O3S2/c37-31(35-30(28-11-5-2-6-12-28)18-21-33-20-17-25-8-7-19-34-24-25)32-36(22-23-40-32)41(38,39)29-15-13-27(14-16-29)26-9-3-1-4-10-26/h1-16,19,24,30,32-33H,17-18,20-23H2,(H,35,37). The average Bonchev–Trinajstić information content (AvgIpc) is 3.53. The van der Waals surface area contributed by atoms with Crippen LogP contribution >= 0.6 is 11.8 Å². The van der Waals surface area contributed by atoms with Crippen molar-refractivity contribution in [1.29, 1.82) is 0 Å². The fraction of sp³-hybridized carbons (Fsp3) is 0.250. The van der Waals surface area contributed by atoms with Crippen LogP contribution in [0.3, 0.4) is 0 Å². The van der Waals surface area contributed by atoms with E-state index in [1.54, 1.807) is 18.3 Å². The van der Waals surface area contributed by atoms with Gasteiger partial charge in [-0.2, -0.15) is 4.31 Å². The van der Waals surface area contributed by atoms with E-state index in [0.29, 0.717) is 18.7 Å². The maximum absolute atomic E-state index is 13.6. The van der Waals surface area contributed by atoms with Crippen LogP contribution in [0.4, 0.5) is 0 Å². The number of carbonyl (C=O) groups excluding carboxylic acids is 1. The molecule has 2 unspecified atom stereocenters. The predicted octanol–water partition coefficient (Wildman–Crippen LogP) is 4.89. The van der Waals surface area contributed by atoms with E-state index >= 15 is 0 Å². The summed E-state index contributed by atoms with van der Waals surface area (Å²) in [7, 11) is -3.85. The summed E-state index contributed by atoms with van der Waals surface area (Å²) in [5, 5.41) is 5.79. The van der Waals surface area contributed by atoms with Crippen molar-refractivity contribution in [3.8, 4) is 11.1 Å². The van der Waals surface area contributed by atoms with Gasteiger partial charge in [0.25, 0.3) is 0 Å². The number of aromatic nitrogens is 1. The average molecular weight is 587 g/mol. The fourth-order valence-electron chi connectivity index (χ4n) is 4.89. The summed E-state index contributed by atoms with van der Waals surface area (Å²) in [6.45, 7) is 1.79. The lowest BCUT2D eigenvalue weighted by Crippen LogP contribution is -2.46. The summed E-state index contributed by atoms with van der Waals surface area (Å²) in [5.74, 6) is 0.270. The lowest BCUT2D eigenvalue weighted by molar-refractivity contribution is -0.122. The van der Waals surface area contributed by atoms with Gasteiger partial charge in [-0.25, -0.2) is 8.42 Å². The van der Waals surface area contributed by atoms with Crippen molar-refractivity contribution in [2.45, 2.75) is 29.2 Å². The molecule has 1 amide bonds. The van der Waals surface area contributed by atoms with Crippen LogP contribution in [0, 0.1) is 0 Å². The number of thioether (sulfide) groups is 1. The Morgan fingerprint density at radius 1 is 0.902 bits per heavy atom. The lowest BCUT2D eigenvalue weighted by atomic mass is 10.0. The molecule has 1 saturated heterocycles. The number of hydrogen-bond acceptors (Lipinski definition) is 6. The zero-order chi connectivity index (χ0) is 28.5. The van der Waals surface area contributed by atoms with E-state index in [2.05, 4.69) is 21.7 Å². The van der Waals surface area contributed by atoms with E-state index < -0.39 is 15.4 Å². The highest BCUT2D eigenvalue weighted by molar-refractivity contribution is 8.02. The highest BCUT2D eigenvalue weighted by Gasteiger charge is 2.40. The Hall–Kier alpha value is -3.50. The monoisotopic (exact) mass is 586 g/mol. The predicted molar refractivity (Wildman–Crippen MR) is 165 cm³/mol. The molecule has 212 valence electrons. The molecule has 2 N–H and O–H groups in total. The molecule has 0 radical (unpaired) electrons. The Bertz CT molecular complexity index is 1500. The number of sulfonamides is 1. The number of rotatable bonds is 12. The van der Waals surface area contributed by atoms with Crippen LogP contribution in [0.5, 0.6) is 0 Å². The molecule has 1 fully saturated rings. The second kappa shape index (κ2) is 13.9. The summed E-state index contributed by atoms with van der Waals surface area (Å²) in [6.07, 6.45) is 5.17. The minimum absolute atomic E-state index is 0.190. The Morgan fingerprint density at radius 3 is 2.32 bits per heavy atom. The summed E-state index contributed by atoms with van der Waals surface area (Å²) in [5.41, 5.74) is 4.12. The zero-order valence-corrected chi connectivity index (χ0v) is 24.4. The largest absolute Gasteiger partial charge is 0.347 e. The van der Waals surface area contributed by atoms with Crippen molar-refractivity contribution < 1.29 is 13.2 Å². The topological polar surface area (TPSA) is 91.4 Å². The molecule has 3 aromatic carbocycles. The Morgan fingerprint density at radius 2 is 1.61 bits per heavy atom. The van der Waals surface area contributed by atoms with Gasteiger partial charge in [-0.15, -0.1) is 11.8 Å². The zero-order valence-electron chi connectivity index (χ0n) is 22.7. The van der Waals surface area contributed by atoms with Crippen molar-refractivity contribution >= 4 is 27.7 Å². The smallest absolute Gasteiger partial charge is 0.249 e. The number of benzene rings is 3. The van der Waals surface area contributed by atoms with Crippen LogP contribution in [-0.4, -0.2) is 54.4 Å². The molecule has 0 saturated carbocycles.